The van der Waals surface area contributed by atoms with Gasteiger partial charge in [0.25, 0.3) is 5.91 Å². The van der Waals surface area contributed by atoms with Gasteiger partial charge < -0.3 is 15.1 Å². The van der Waals surface area contributed by atoms with E-state index in [0.717, 1.165) is 53.3 Å². The van der Waals surface area contributed by atoms with Crippen molar-refractivity contribution >= 4 is 33.2 Å². The van der Waals surface area contributed by atoms with Crippen molar-refractivity contribution in [2.24, 2.45) is 0 Å². The summed E-state index contributed by atoms with van der Waals surface area (Å²) in [7, 11) is 2.14. The number of aromatic nitrogens is 1. The van der Waals surface area contributed by atoms with Crippen LogP contribution in [0.5, 0.6) is 0 Å². The predicted octanol–water partition coefficient (Wildman–Crippen LogP) is 4.82. The maximum Gasteiger partial charge on any atom is 0.257 e. The molecule has 2 heterocycles. The molecule has 0 spiro atoms. The lowest BCUT2D eigenvalue weighted by molar-refractivity contribution is 0.102. The fourth-order valence-electron chi connectivity index (χ4n) is 3.70. The molecule has 1 N–H and O–H groups in total. The number of aryl methyl sites for hydroxylation is 1. The highest BCUT2D eigenvalue weighted by Crippen LogP contribution is 2.28. The monoisotopic (exact) mass is 464 g/mol. The van der Waals surface area contributed by atoms with E-state index in [4.69, 9.17) is 0 Å². The first kappa shape index (κ1) is 20.6. The molecule has 0 radical (unpaired) electrons. The predicted molar refractivity (Wildman–Crippen MR) is 126 cm³/mol. The van der Waals surface area contributed by atoms with Gasteiger partial charge in [0.2, 0.25) is 0 Å². The van der Waals surface area contributed by atoms with Crippen molar-refractivity contribution < 1.29 is 4.79 Å². The molecule has 1 aromatic heterocycles. The number of carbonyl (C=O) groups is 1. The third kappa shape index (κ3) is 4.55. The summed E-state index contributed by atoms with van der Waals surface area (Å²) in [4.78, 5) is 22.4. The summed E-state index contributed by atoms with van der Waals surface area (Å²) in [5.74, 6) is -0.137. The minimum atomic E-state index is -0.137. The fourth-order valence-corrected chi connectivity index (χ4v) is 4.10. The lowest BCUT2D eigenvalue weighted by Gasteiger charge is -2.35. The van der Waals surface area contributed by atoms with Crippen LogP contribution in [0.15, 0.2) is 65.1 Å². The quantitative estimate of drug-likeness (QED) is 0.600. The van der Waals surface area contributed by atoms with Gasteiger partial charge in [-0.25, -0.2) is 0 Å². The molecular formula is C24H25BrN4O. The molecule has 6 heteroatoms. The normalized spacial score (nSPS) is 14.6. The maximum atomic E-state index is 13.0. The largest absolute Gasteiger partial charge is 0.367 e. The molecule has 1 aliphatic rings. The van der Waals surface area contributed by atoms with Gasteiger partial charge in [0.15, 0.2) is 0 Å². The van der Waals surface area contributed by atoms with Crippen LogP contribution in [0.3, 0.4) is 0 Å². The van der Waals surface area contributed by atoms with Crippen LogP contribution < -0.4 is 10.2 Å². The highest BCUT2D eigenvalue weighted by atomic mass is 79.9. The first-order valence-corrected chi connectivity index (χ1v) is 10.9. The number of para-hydroxylation sites is 2. The molecule has 1 aliphatic heterocycles. The number of piperazine rings is 1. The zero-order chi connectivity index (χ0) is 21.1. The van der Waals surface area contributed by atoms with Crippen LogP contribution >= 0.6 is 15.9 Å². The first-order chi connectivity index (χ1) is 14.5. The smallest absolute Gasteiger partial charge is 0.257 e. The van der Waals surface area contributed by atoms with Crippen molar-refractivity contribution in [2.75, 3.05) is 43.4 Å². The molecule has 4 rings (SSSR count). The van der Waals surface area contributed by atoms with Crippen LogP contribution in [0.2, 0.25) is 0 Å². The number of carbonyl (C=O) groups excluding carboxylic acids is 1. The van der Waals surface area contributed by atoms with Gasteiger partial charge in [0.1, 0.15) is 0 Å². The molecule has 0 bridgehead atoms. The van der Waals surface area contributed by atoms with Gasteiger partial charge in [0, 0.05) is 36.2 Å². The Morgan fingerprint density at radius 2 is 1.77 bits per heavy atom. The van der Waals surface area contributed by atoms with E-state index in [0.29, 0.717) is 11.3 Å². The number of hydrogen-bond donors (Lipinski definition) is 1. The molecule has 5 nitrogen and oxygen atoms in total. The molecule has 1 saturated heterocycles. The van der Waals surface area contributed by atoms with Crippen LogP contribution in [-0.4, -0.2) is 49.0 Å². The highest BCUT2D eigenvalue weighted by Gasteiger charge is 2.19. The molecule has 1 amide bonds. The number of hydrogen-bond acceptors (Lipinski definition) is 4. The summed E-state index contributed by atoms with van der Waals surface area (Å²) in [5, 5.41) is 3.10. The molecule has 0 saturated carbocycles. The topological polar surface area (TPSA) is 48.5 Å². The van der Waals surface area contributed by atoms with E-state index in [-0.39, 0.29) is 5.91 Å². The van der Waals surface area contributed by atoms with Gasteiger partial charge >= 0.3 is 0 Å². The van der Waals surface area contributed by atoms with Gasteiger partial charge in [-0.1, -0.05) is 40.2 Å². The van der Waals surface area contributed by atoms with Crippen molar-refractivity contribution in [3.63, 3.8) is 0 Å². The van der Waals surface area contributed by atoms with E-state index in [1.165, 1.54) is 0 Å². The van der Waals surface area contributed by atoms with Crippen LogP contribution in [-0.2, 0) is 0 Å². The Labute approximate surface area is 185 Å². The van der Waals surface area contributed by atoms with Gasteiger partial charge in [-0.3, -0.25) is 9.78 Å². The average molecular weight is 465 g/mol. The van der Waals surface area contributed by atoms with Crippen molar-refractivity contribution in [3.8, 4) is 11.3 Å². The van der Waals surface area contributed by atoms with E-state index in [1.54, 1.807) is 0 Å². The van der Waals surface area contributed by atoms with Gasteiger partial charge in [-0.2, -0.15) is 0 Å². The number of rotatable bonds is 4. The summed E-state index contributed by atoms with van der Waals surface area (Å²) in [6.45, 7) is 5.81. The Kier molecular flexibility index (Phi) is 6.16. The molecular weight excluding hydrogens is 440 g/mol. The maximum absolute atomic E-state index is 13.0. The van der Waals surface area contributed by atoms with E-state index in [9.17, 15) is 4.79 Å². The Morgan fingerprint density at radius 3 is 2.50 bits per heavy atom. The molecule has 3 aromatic rings. The zero-order valence-electron chi connectivity index (χ0n) is 17.2. The number of nitrogens with zero attached hydrogens (tertiary/aromatic N) is 3. The highest BCUT2D eigenvalue weighted by molar-refractivity contribution is 9.10. The molecule has 0 atom stereocenters. The summed E-state index contributed by atoms with van der Waals surface area (Å²) >= 11 is 3.50. The van der Waals surface area contributed by atoms with Crippen LogP contribution in [0.1, 0.15) is 16.1 Å². The molecule has 1 fully saturated rings. The van der Waals surface area contributed by atoms with E-state index in [2.05, 4.69) is 49.1 Å². The third-order valence-electron chi connectivity index (χ3n) is 5.45. The van der Waals surface area contributed by atoms with Crippen LogP contribution in [0, 0.1) is 6.92 Å². The molecule has 0 unspecified atom stereocenters. The number of likely N-dealkylation sites (N-methyl/N-ethyl adjacent to an activating group) is 1. The first-order valence-electron chi connectivity index (χ1n) is 10.1. The third-order valence-corrected chi connectivity index (χ3v) is 5.94. The van der Waals surface area contributed by atoms with Crippen molar-refractivity contribution in [3.05, 3.63) is 76.4 Å². The number of nitrogens with one attached hydrogen (secondary N) is 1. The number of pyridine rings is 1. The minimum absolute atomic E-state index is 0.137. The lowest BCUT2D eigenvalue weighted by Crippen LogP contribution is -2.44. The standard InChI is InChI=1S/C24H25BrN4O/c1-17-20(10-11-21(26-17)18-6-5-7-19(25)16-18)24(30)27-22-8-3-4-9-23(22)29-14-12-28(2)13-15-29/h3-11,16H,12-15H2,1-2H3,(H,27,30). The lowest BCUT2D eigenvalue weighted by atomic mass is 10.1. The van der Waals surface area contributed by atoms with Crippen LogP contribution in [0.25, 0.3) is 11.3 Å². The second-order valence-corrected chi connectivity index (χ2v) is 8.52. The van der Waals surface area contributed by atoms with Crippen molar-refractivity contribution in [1.29, 1.82) is 0 Å². The molecule has 0 aliphatic carbocycles. The zero-order valence-corrected chi connectivity index (χ0v) is 18.8. The fraction of sp³-hybridized carbons (Fsp3) is 0.250. The molecule has 2 aromatic carbocycles. The Hall–Kier alpha value is -2.70. The molecule has 154 valence electrons. The van der Waals surface area contributed by atoms with E-state index < -0.39 is 0 Å². The SMILES string of the molecule is Cc1nc(-c2cccc(Br)c2)ccc1C(=O)Nc1ccccc1N1CCN(C)CC1. The number of benzene rings is 2. The summed E-state index contributed by atoms with van der Waals surface area (Å²) < 4.78 is 1.00. The minimum Gasteiger partial charge on any atom is -0.367 e. The number of halogens is 1. The van der Waals surface area contributed by atoms with Crippen molar-refractivity contribution in [1.82, 2.24) is 9.88 Å². The second kappa shape index (κ2) is 8.98. The summed E-state index contributed by atoms with van der Waals surface area (Å²) in [6.07, 6.45) is 0. The van der Waals surface area contributed by atoms with Crippen LogP contribution in [0.4, 0.5) is 11.4 Å². The van der Waals surface area contributed by atoms with Gasteiger partial charge in [-0.05, 0) is 50.4 Å². The van der Waals surface area contributed by atoms with Gasteiger partial charge in [0.05, 0.1) is 28.3 Å². The summed E-state index contributed by atoms with van der Waals surface area (Å²) in [5.41, 5.74) is 5.06. The van der Waals surface area contributed by atoms with Gasteiger partial charge in [-0.15, -0.1) is 0 Å². The Morgan fingerprint density at radius 1 is 1.00 bits per heavy atom. The second-order valence-electron chi connectivity index (χ2n) is 7.60. The number of anilines is 2. The summed E-state index contributed by atoms with van der Waals surface area (Å²) in [6, 6.07) is 19.8. The average Bonchev–Trinajstić information content (AvgIpc) is 2.74. The number of amides is 1. The van der Waals surface area contributed by atoms with Crippen molar-refractivity contribution in [2.45, 2.75) is 6.92 Å². The molecule has 30 heavy (non-hydrogen) atoms. The van der Waals surface area contributed by atoms with E-state index >= 15 is 0 Å². The Balaban J connectivity index is 1.55. The van der Waals surface area contributed by atoms with E-state index in [1.807, 2.05) is 61.5 Å². The Bertz CT molecular complexity index is 1060.